The number of allylic oxidation sites excluding steroid dienone is 5. The van der Waals surface area contributed by atoms with Gasteiger partial charge in [0.1, 0.15) is 0 Å². The zero-order valence-corrected chi connectivity index (χ0v) is 10.4. The van der Waals surface area contributed by atoms with Gasteiger partial charge in [-0.25, -0.2) is 4.42 Å². The molecule has 1 heterocycles. The first-order valence-corrected chi connectivity index (χ1v) is 5.86. The molecule has 1 aliphatic carbocycles. The van der Waals surface area contributed by atoms with Crippen molar-refractivity contribution in [2.75, 3.05) is 6.79 Å². The SMILES string of the molecule is CC(C)C1=C(C(C)C)C=C2OC[O+]=C2C=C1. The Morgan fingerprint density at radius 3 is 2.38 bits per heavy atom. The predicted octanol–water partition coefficient (Wildman–Crippen LogP) is 3.14. The maximum Gasteiger partial charge on any atom is 0.412 e. The van der Waals surface area contributed by atoms with E-state index in [9.17, 15) is 0 Å². The summed E-state index contributed by atoms with van der Waals surface area (Å²) in [6.07, 6.45) is 6.30. The van der Waals surface area contributed by atoms with Crippen molar-refractivity contribution in [1.82, 2.24) is 0 Å². The monoisotopic (exact) mass is 219 g/mol. The van der Waals surface area contributed by atoms with Crippen LogP contribution >= 0.6 is 0 Å². The highest BCUT2D eigenvalue weighted by molar-refractivity contribution is 6.04. The average molecular weight is 219 g/mol. The van der Waals surface area contributed by atoms with Gasteiger partial charge in [0, 0.05) is 6.08 Å². The molecule has 0 radical (unpaired) electrons. The van der Waals surface area contributed by atoms with Crippen LogP contribution in [0.1, 0.15) is 27.7 Å². The second kappa shape index (κ2) is 4.28. The molecule has 0 amide bonds. The molecule has 0 aromatic carbocycles. The van der Waals surface area contributed by atoms with Crippen LogP contribution in [0.3, 0.4) is 0 Å². The molecule has 0 aromatic rings. The van der Waals surface area contributed by atoms with Crippen molar-refractivity contribution in [3.8, 4) is 0 Å². The summed E-state index contributed by atoms with van der Waals surface area (Å²) in [6.45, 7) is 9.20. The number of ketones is 1. The van der Waals surface area contributed by atoms with Crippen molar-refractivity contribution in [3.05, 3.63) is 35.1 Å². The molecule has 2 nitrogen and oxygen atoms in total. The average Bonchev–Trinajstić information content (AvgIpc) is 2.56. The van der Waals surface area contributed by atoms with Gasteiger partial charge < -0.3 is 4.74 Å². The fourth-order valence-electron chi connectivity index (χ4n) is 2.05. The molecule has 2 heteroatoms. The molecule has 86 valence electrons. The van der Waals surface area contributed by atoms with Gasteiger partial charge in [-0.15, -0.1) is 0 Å². The molecule has 16 heavy (non-hydrogen) atoms. The summed E-state index contributed by atoms with van der Waals surface area (Å²) in [5, 5.41) is 0. The fourth-order valence-corrected chi connectivity index (χ4v) is 2.05. The van der Waals surface area contributed by atoms with Gasteiger partial charge in [-0.1, -0.05) is 27.7 Å². The van der Waals surface area contributed by atoms with E-state index in [0.717, 1.165) is 11.5 Å². The number of carbonyl (C=O) groups excluding carboxylic acids is 1. The van der Waals surface area contributed by atoms with E-state index in [1.165, 1.54) is 11.1 Å². The molecule has 0 saturated carbocycles. The number of hydrogen-bond donors (Lipinski definition) is 0. The summed E-state index contributed by atoms with van der Waals surface area (Å²) < 4.78 is 10.9. The van der Waals surface area contributed by atoms with Gasteiger partial charge in [0.2, 0.25) is 5.76 Å². The molecule has 0 bridgehead atoms. The molecule has 0 spiro atoms. The zero-order valence-electron chi connectivity index (χ0n) is 10.4. The van der Waals surface area contributed by atoms with Crippen molar-refractivity contribution in [2.45, 2.75) is 27.7 Å². The Labute approximate surface area is 97.0 Å². The minimum atomic E-state index is 0.341. The Morgan fingerprint density at radius 1 is 1.06 bits per heavy atom. The van der Waals surface area contributed by atoms with E-state index in [-0.39, 0.29) is 0 Å². The first-order valence-electron chi connectivity index (χ1n) is 5.86. The molecule has 0 saturated heterocycles. The standard InChI is InChI=1S/C14H19O2/c1-9(2)11-5-6-13-14(16-8-15-13)7-12(11)10(3)4/h5-7,9-10H,8H2,1-4H3/q+1. The van der Waals surface area contributed by atoms with Crippen LogP contribution in [-0.4, -0.2) is 12.6 Å². The van der Waals surface area contributed by atoms with Crippen LogP contribution in [0.5, 0.6) is 0 Å². The van der Waals surface area contributed by atoms with Gasteiger partial charge in [0.15, 0.2) is 0 Å². The minimum Gasteiger partial charge on any atom is -0.403 e. The highest BCUT2D eigenvalue weighted by Crippen LogP contribution is 2.28. The van der Waals surface area contributed by atoms with Gasteiger partial charge in [-0.2, -0.15) is 0 Å². The van der Waals surface area contributed by atoms with E-state index in [1.807, 2.05) is 6.08 Å². The fraction of sp³-hybridized carbons (Fsp3) is 0.500. The lowest BCUT2D eigenvalue weighted by atomic mass is 9.90. The Balaban J connectivity index is 2.49. The highest BCUT2D eigenvalue weighted by Gasteiger charge is 2.28. The van der Waals surface area contributed by atoms with Gasteiger partial charge >= 0.3 is 12.6 Å². The van der Waals surface area contributed by atoms with Crippen LogP contribution in [-0.2, 0) is 9.16 Å². The number of hydrogen-bond acceptors (Lipinski definition) is 1. The largest absolute Gasteiger partial charge is 0.412 e. The summed E-state index contributed by atoms with van der Waals surface area (Å²) in [5.41, 5.74) is 2.72. The first kappa shape index (κ1) is 11.2. The van der Waals surface area contributed by atoms with Crippen LogP contribution in [0, 0.1) is 11.8 Å². The Hall–Kier alpha value is -1.31. The van der Waals surface area contributed by atoms with Gasteiger partial charge in [0.25, 0.3) is 0 Å². The third kappa shape index (κ3) is 1.97. The molecular formula is C14H19O2+. The van der Waals surface area contributed by atoms with Crippen molar-refractivity contribution in [2.24, 2.45) is 11.8 Å². The third-order valence-corrected chi connectivity index (χ3v) is 2.95. The van der Waals surface area contributed by atoms with Crippen molar-refractivity contribution in [1.29, 1.82) is 0 Å². The second-order valence-electron chi connectivity index (χ2n) is 4.83. The van der Waals surface area contributed by atoms with E-state index in [1.54, 1.807) is 0 Å². The van der Waals surface area contributed by atoms with Crippen LogP contribution in [0.2, 0.25) is 0 Å². The normalized spacial score (nSPS) is 19.6. The third-order valence-electron chi connectivity index (χ3n) is 2.95. The summed E-state index contributed by atoms with van der Waals surface area (Å²) in [7, 11) is 0. The Kier molecular flexibility index (Phi) is 2.99. The van der Waals surface area contributed by atoms with Crippen molar-refractivity contribution >= 4 is 5.78 Å². The maximum atomic E-state index is 5.46. The van der Waals surface area contributed by atoms with E-state index in [0.29, 0.717) is 18.6 Å². The van der Waals surface area contributed by atoms with Crippen LogP contribution < -0.4 is 0 Å². The summed E-state index contributed by atoms with van der Waals surface area (Å²) in [6, 6.07) is 0. The summed E-state index contributed by atoms with van der Waals surface area (Å²) >= 11 is 0. The smallest absolute Gasteiger partial charge is 0.403 e. The molecule has 0 fully saturated rings. The minimum absolute atomic E-state index is 0.341. The highest BCUT2D eigenvalue weighted by atomic mass is 16.7. The van der Waals surface area contributed by atoms with Crippen LogP contribution in [0.25, 0.3) is 0 Å². The lowest BCUT2D eigenvalue weighted by Crippen LogP contribution is -2.01. The lowest BCUT2D eigenvalue weighted by Gasteiger charge is -2.14. The Bertz CT molecular complexity index is 406. The van der Waals surface area contributed by atoms with Crippen LogP contribution in [0.15, 0.2) is 35.1 Å². The van der Waals surface area contributed by atoms with Gasteiger partial charge in [0.05, 0.1) is 0 Å². The predicted molar refractivity (Wildman–Crippen MR) is 64.9 cm³/mol. The van der Waals surface area contributed by atoms with Crippen molar-refractivity contribution in [3.63, 3.8) is 0 Å². The molecular weight excluding hydrogens is 200 g/mol. The second-order valence-corrected chi connectivity index (χ2v) is 4.83. The molecule has 0 aromatic heterocycles. The molecule has 0 N–H and O–H groups in total. The summed E-state index contributed by atoms with van der Waals surface area (Å²) in [4.78, 5) is 0. The van der Waals surface area contributed by atoms with E-state index >= 15 is 0 Å². The van der Waals surface area contributed by atoms with E-state index in [4.69, 9.17) is 9.16 Å². The molecule has 1 aliphatic heterocycles. The zero-order chi connectivity index (χ0) is 11.7. The summed E-state index contributed by atoms with van der Waals surface area (Å²) in [5.74, 6) is 2.74. The lowest BCUT2D eigenvalue weighted by molar-refractivity contribution is -0.484. The number of fused-ring (bicyclic) bond motifs is 1. The van der Waals surface area contributed by atoms with Gasteiger partial charge in [-0.3, -0.25) is 0 Å². The molecule has 0 atom stereocenters. The topological polar surface area (TPSA) is 20.5 Å². The number of ether oxygens (including phenoxy) is 1. The quantitative estimate of drug-likeness (QED) is 0.653. The van der Waals surface area contributed by atoms with Gasteiger partial charge in [-0.05, 0) is 35.1 Å². The van der Waals surface area contributed by atoms with Crippen molar-refractivity contribution < 1.29 is 9.16 Å². The maximum absolute atomic E-state index is 5.46. The Morgan fingerprint density at radius 2 is 1.75 bits per heavy atom. The molecule has 2 aliphatic rings. The van der Waals surface area contributed by atoms with Crippen LogP contribution in [0.4, 0.5) is 0 Å². The first-order chi connectivity index (χ1) is 7.59. The molecule has 0 unspecified atom stereocenters. The molecule has 2 rings (SSSR count). The van der Waals surface area contributed by atoms with E-state index < -0.39 is 0 Å². The number of rotatable bonds is 2. The van der Waals surface area contributed by atoms with E-state index in [2.05, 4.69) is 39.8 Å².